The summed E-state index contributed by atoms with van der Waals surface area (Å²) < 4.78 is 8.03. The maximum Gasteiger partial charge on any atom is 0.267 e. The van der Waals surface area contributed by atoms with Crippen LogP contribution in [0.3, 0.4) is 0 Å². The third-order valence-corrected chi connectivity index (χ3v) is 5.16. The van der Waals surface area contributed by atoms with Gasteiger partial charge in [-0.15, -0.1) is 5.10 Å². The van der Waals surface area contributed by atoms with Crippen LogP contribution in [-0.4, -0.2) is 36.4 Å². The van der Waals surface area contributed by atoms with Crippen molar-refractivity contribution in [2.45, 2.75) is 13.3 Å². The molecule has 0 atom stereocenters. The number of nitrogens with one attached hydrogen (secondary N) is 1. The molecule has 4 aromatic heterocycles. The fourth-order valence-corrected chi connectivity index (χ4v) is 3.48. The number of hydrogen-bond donors (Lipinski definition) is 1. The summed E-state index contributed by atoms with van der Waals surface area (Å²) in [4.78, 5) is 35.1. The second-order valence-electron chi connectivity index (χ2n) is 6.97. The Morgan fingerprint density at radius 1 is 0.903 bits per heavy atom. The van der Waals surface area contributed by atoms with Crippen molar-refractivity contribution in [3.63, 3.8) is 0 Å². The van der Waals surface area contributed by atoms with Crippen LogP contribution in [0.2, 0.25) is 0 Å². The van der Waals surface area contributed by atoms with Crippen molar-refractivity contribution in [3.8, 4) is 17.4 Å². The zero-order valence-electron chi connectivity index (χ0n) is 16.9. The molecule has 0 unspecified atom stereocenters. The minimum absolute atomic E-state index is 0.257. The quantitative estimate of drug-likeness (QED) is 0.453. The van der Waals surface area contributed by atoms with Crippen molar-refractivity contribution in [1.82, 2.24) is 29.3 Å². The lowest BCUT2D eigenvalue weighted by Crippen LogP contribution is -2.21. The van der Waals surface area contributed by atoms with Gasteiger partial charge in [0, 0.05) is 24.5 Å². The van der Waals surface area contributed by atoms with Crippen molar-refractivity contribution < 1.29 is 4.74 Å². The number of aromatic amines is 1. The van der Waals surface area contributed by atoms with Crippen molar-refractivity contribution >= 4 is 21.8 Å². The minimum Gasteiger partial charge on any atom is -0.497 e. The predicted octanol–water partition coefficient (Wildman–Crippen LogP) is 2.38. The Bertz CT molecular complexity index is 1550. The van der Waals surface area contributed by atoms with E-state index in [0.29, 0.717) is 45.5 Å². The number of aromatic nitrogens is 6. The lowest BCUT2D eigenvalue weighted by molar-refractivity contribution is 0.414. The lowest BCUT2D eigenvalue weighted by Gasteiger charge is -2.09. The van der Waals surface area contributed by atoms with Crippen molar-refractivity contribution in [2.75, 3.05) is 7.11 Å². The molecule has 1 N–H and O–H groups in total. The van der Waals surface area contributed by atoms with E-state index in [1.807, 2.05) is 6.92 Å². The van der Waals surface area contributed by atoms with Gasteiger partial charge in [-0.05, 0) is 42.5 Å². The molecule has 5 aromatic rings. The number of methoxy groups -OCH3 is 1. The van der Waals surface area contributed by atoms with E-state index in [9.17, 15) is 9.59 Å². The molecule has 31 heavy (non-hydrogen) atoms. The fraction of sp³-hybridized carbons (Fsp3) is 0.136. The molecule has 0 aliphatic rings. The topological polar surface area (TPSA) is 108 Å². The van der Waals surface area contributed by atoms with Gasteiger partial charge in [0.05, 0.1) is 28.9 Å². The summed E-state index contributed by atoms with van der Waals surface area (Å²) >= 11 is 0. The Morgan fingerprint density at radius 3 is 2.16 bits per heavy atom. The van der Waals surface area contributed by atoms with E-state index in [0.717, 1.165) is 0 Å². The minimum atomic E-state index is -0.340. The summed E-state index contributed by atoms with van der Waals surface area (Å²) in [7, 11) is 1.59. The first-order chi connectivity index (χ1) is 15.1. The molecule has 0 fully saturated rings. The van der Waals surface area contributed by atoms with Gasteiger partial charge < -0.3 is 4.74 Å². The highest BCUT2D eigenvalue weighted by Gasteiger charge is 2.13. The first-order valence-corrected chi connectivity index (χ1v) is 9.73. The van der Waals surface area contributed by atoms with Gasteiger partial charge >= 0.3 is 0 Å². The highest BCUT2D eigenvalue weighted by atomic mass is 16.5. The largest absolute Gasteiger partial charge is 0.497 e. The first-order valence-electron chi connectivity index (χ1n) is 9.73. The molecule has 9 heteroatoms. The third kappa shape index (κ3) is 3.07. The van der Waals surface area contributed by atoms with Crippen LogP contribution in [0, 0.1) is 0 Å². The Morgan fingerprint density at radius 2 is 1.55 bits per heavy atom. The number of benzene rings is 1. The van der Waals surface area contributed by atoms with Crippen LogP contribution in [0.5, 0.6) is 5.75 Å². The second-order valence-corrected chi connectivity index (χ2v) is 6.97. The summed E-state index contributed by atoms with van der Waals surface area (Å²) in [5, 5.41) is 7.58. The van der Waals surface area contributed by atoms with E-state index in [1.165, 1.54) is 9.13 Å². The molecule has 154 valence electrons. The highest BCUT2D eigenvalue weighted by molar-refractivity contribution is 5.91. The number of fused-ring (bicyclic) bond motifs is 2. The van der Waals surface area contributed by atoms with Gasteiger partial charge in [0.25, 0.3) is 17.1 Å². The van der Waals surface area contributed by atoms with Gasteiger partial charge in [0.15, 0.2) is 0 Å². The summed E-state index contributed by atoms with van der Waals surface area (Å²) in [6.45, 7) is 1.94. The highest BCUT2D eigenvalue weighted by Crippen LogP contribution is 2.18. The van der Waals surface area contributed by atoms with Crippen LogP contribution >= 0.6 is 0 Å². The molecular formula is C22H18N6O3. The van der Waals surface area contributed by atoms with Gasteiger partial charge in [0.1, 0.15) is 11.6 Å². The Balaban J connectivity index is 1.71. The van der Waals surface area contributed by atoms with E-state index < -0.39 is 0 Å². The zero-order valence-corrected chi connectivity index (χ0v) is 16.9. The molecule has 0 bridgehead atoms. The van der Waals surface area contributed by atoms with E-state index in [-0.39, 0.29) is 17.1 Å². The van der Waals surface area contributed by atoms with Gasteiger partial charge in [-0.1, -0.05) is 6.92 Å². The predicted molar refractivity (Wildman–Crippen MR) is 116 cm³/mol. The normalized spacial score (nSPS) is 11.3. The molecule has 0 saturated carbocycles. The average molecular weight is 414 g/mol. The van der Waals surface area contributed by atoms with Crippen LogP contribution in [0.4, 0.5) is 0 Å². The van der Waals surface area contributed by atoms with E-state index >= 15 is 0 Å². The molecule has 0 radical (unpaired) electrons. The first kappa shape index (κ1) is 18.7. The van der Waals surface area contributed by atoms with Gasteiger partial charge in [-0.25, -0.2) is 9.55 Å². The third-order valence-electron chi connectivity index (χ3n) is 5.16. The number of pyridine rings is 3. The molecule has 0 aliphatic heterocycles. The number of rotatable bonds is 4. The molecular weight excluding hydrogens is 396 g/mol. The van der Waals surface area contributed by atoms with E-state index in [2.05, 4.69) is 20.2 Å². The molecule has 0 aliphatic carbocycles. The second kappa shape index (κ2) is 7.21. The average Bonchev–Trinajstić information content (AvgIpc) is 3.28. The summed E-state index contributed by atoms with van der Waals surface area (Å²) in [5.74, 6) is 1.64. The van der Waals surface area contributed by atoms with Crippen LogP contribution in [0.1, 0.15) is 12.7 Å². The van der Waals surface area contributed by atoms with Gasteiger partial charge in [0.2, 0.25) is 0 Å². The fourth-order valence-electron chi connectivity index (χ4n) is 3.48. The molecule has 0 amide bonds. The molecule has 5 rings (SSSR count). The molecule has 0 saturated heterocycles. The zero-order chi connectivity index (χ0) is 21.5. The molecule has 1 aromatic carbocycles. The van der Waals surface area contributed by atoms with E-state index in [1.54, 1.807) is 62.0 Å². The SMILES string of the molecule is CCc1nc(-n2ccc3nc4ccn(-c5ccc(OC)cc5)c(=O)c4cc3c2=O)n[nH]1. The number of aryl methyl sites for hydroxylation is 1. The maximum absolute atomic E-state index is 13.2. The monoisotopic (exact) mass is 414 g/mol. The smallest absolute Gasteiger partial charge is 0.267 e. The van der Waals surface area contributed by atoms with Crippen molar-refractivity contribution in [1.29, 1.82) is 0 Å². The van der Waals surface area contributed by atoms with E-state index in [4.69, 9.17) is 4.74 Å². The van der Waals surface area contributed by atoms with Gasteiger partial charge in [-0.2, -0.15) is 4.98 Å². The summed E-state index contributed by atoms with van der Waals surface area (Å²) in [5.41, 5.74) is 1.10. The summed E-state index contributed by atoms with van der Waals surface area (Å²) in [6, 6.07) is 12.2. The van der Waals surface area contributed by atoms with Crippen molar-refractivity contribution in [2.24, 2.45) is 0 Å². The van der Waals surface area contributed by atoms with Crippen LogP contribution in [-0.2, 0) is 6.42 Å². The molecule has 4 heterocycles. The summed E-state index contributed by atoms with van der Waals surface area (Å²) in [6.07, 6.45) is 3.93. The number of H-pyrrole nitrogens is 1. The van der Waals surface area contributed by atoms with Crippen LogP contribution < -0.4 is 15.9 Å². The molecule has 0 spiro atoms. The number of hydrogen-bond acceptors (Lipinski definition) is 6. The number of nitrogens with zero attached hydrogens (tertiary/aromatic N) is 5. The van der Waals surface area contributed by atoms with Crippen LogP contribution in [0.25, 0.3) is 33.4 Å². The lowest BCUT2D eigenvalue weighted by atomic mass is 10.2. The Labute approximate surface area is 175 Å². The standard InChI is InChI=1S/C22H18N6O3/c1-3-19-24-22(26-25-19)28-11-9-18-16(21(28)30)12-15-17(23-18)8-10-27(20(15)29)13-4-6-14(31-2)7-5-13/h4-12H,3H2,1-2H3,(H,24,25,26). The molecule has 9 nitrogen and oxygen atoms in total. The number of ether oxygens (including phenoxy) is 1. The maximum atomic E-state index is 13.2. The Kier molecular flexibility index (Phi) is 4.36. The van der Waals surface area contributed by atoms with Crippen molar-refractivity contribution in [3.05, 3.63) is 81.4 Å². The Hall–Kier alpha value is -4.27. The van der Waals surface area contributed by atoms with Crippen LogP contribution in [0.15, 0.2) is 64.4 Å². The van der Waals surface area contributed by atoms with Gasteiger partial charge in [-0.3, -0.25) is 19.3 Å².